The second-order valence-electron chi connectivity index (χ2n) is 5.17. The van der Waals surface area contributed by atoms with Crippen LogP contribution in [0.5, 0.6) is 0 Å². The van der Waals surface area contributed by atoms with Gasteiger partial charge in [0.1, 0.15) is 5.84 Å². The number of piperazine rings is 1. The van der Waals surface area contributed by atoms with Crippen molar-refractivity contribution in [3.05, 3.63) is 0 Å². The number of hydrogen-bond donors (Lipinski definition) is 2. The van der Waals surface area contributed by atoms with Crippen molar-refractivity contribution >= 4 is 5.84 Å². The van der Waals surface area contributed by atoms with E-state index in [-0.39, 0.29) is 0 Å². The Morgan fingerprint density at radius 2 is 1.94 bits per heavy atom. The molecule has 1 fully saturated rings. The predicted molar refractivity (Wildman–Crippen MR) is 70.4 cm³/mol. The van der Waals surface area contributed by atoms with E-state index in [1.165, 1.54) is 0 Å². The highest BCUT2D eigenvalue weighted by Gasteiger charge is 2.30. The minimum absolute atomic E-state index is 0.330. The van der Waals surface area contributed by atoms with Crippen molar-refractivity contribution in [2.24, 2.45) is 10.9 Å². The molecule has 0 radical (unpaired) electrons. The summed E-state index contributed by atoms with van der Waals surface area (Å²) < 4.78 is 0. The lowest BCUT2D eigenvalue weighted by molar-refractivity contribution is 0.0340. The average Bonchev–Trinajstić information content (AvgIpc) is 2.31. The van der Waals surface area contributed by atoms with Gasteiger partial charge in [-0.1, -0.05) is 12.1 Å². The monoisotopic (exact) mass is 242 g/mol. The molecular weight excluding hydrogens is 216 g/mol. The van der Waals surface area contributed by atoms with Crippen LogP contribution in [0.3, 0.4) is 0 Å². The number of rotatable bonds is 4. The second kappa shape index (κ2) is 6.21. The van der Waals surface area contributed by atoms with Crippen LogP contribution in [0, 0.1) is 0 Å². The van der Waals surface area contributed by atoms with E-state index in [1.807, 2.05) is 0 Å². The molecule has 1 aliphatic heterocycles. The van der Waals surface area contributed by atoms with Crippen molar-refractivity contribution in [1.82, 2.24) is 9.80 Å². The Morgan fingerprint density at radius 3 is 2.35 bits per heavy atom. The van der Waals surface area contributed by atoms with Crippen LogP contribution in [0.4, 0.5) is 0 Å². The molecule has 0 aliphatic carbocycles. The van der Waals surface area contributed by atoms with Crippen molar-refractivity contribution in [3.63, 3.8) is 0 Å². The fourth-order valence-corrected chi connectivity index (χ4v) is 2.56. The van der Waals surface area contributed by atoms with Crippen LogP contribution in [0.2, 0.25) is 0 Å². The van der Waals surface area contributed by atoms with Crippen LogP contribution in [0.1, 0.15) is 33.6 Å². The van der Waals surface area contributed by atoms with Gasteiger partial charge in [-0.25, -0.2) is 0 Å². The van der Waals surface area contributed by atoms with Crippen LogP contribution in [0.15, 0.2) is 5.16 Å². The number of hydrogen-bond acceptors (Lipinski definition) is 4. The van der Waals surface area contributed by atoms with Gasteiger partial charge >= 0.3 is 0 Å². The standard InChI is InChI=1S/C12H26N4O/c1-5-11(6-12(13)14-17)16-7-9(2)15(4)10(3)8-16/h9-11,17H,5-8H2,1-4H3,(H2,13,14). The molecule has 0 bridgehead atoms. The Hall–Kier alpha value is -0.810. The number of amidine groups is 1. The van der Waals surface area contributed by atoms with E-state index in [4.69, 9.17) is 10.9 Å². The molecule has 100 valence electrons. The highest BCUT2D eigenvalue weighted by Crippen LogP contribution is 2.18. The summed E-state index contributed by atoms with van der Waals surface area (Å²) in [5, 5.41) is 11.7. The molecule has 0 aromatic carbocycles. The number of likely N-dealkylation sites (N-methyl/N-ethyl adjacent to an activating group) is 1. The Bertz CT molecular complexity index is 257. The van der Waals surface area contributed by atoms with Crippen molar-refractivity contribution in [3.8, 4) is 0 Å². The van der Waals surface area contributed by atoms with E-state index in [2.05, 4.69) is 42.8 Å². The number of oxime groups is 1. The van der Waals surface area contributed by atoms with Crippen LogP contribution in [0.25, 0.3) is 0 Å². The van der Waals surface area contributed by atoms with Crippen molar-refractivity contribution in [1.29, 1.82) is 0 Å². The van der Waals surface area contributed by atoms with Crippen LogP contribution >= 0.6 is 0 Å². The maximum atomic E-state index is 8.66. The SMILES string of the molecule is CCC(CC(N)=NO)N1CC(C)N(C)C(C)C1. The molecule has 5 nitrogen and oxygen atoms in total. The second-order valence-corrected chi connectivity index (χ2v) is 5.17. The maximum absolute atomic E-state index is 8.66. The van der Waals surface area contributed by atoms with Gasteiger partial charge in [-0.3, -0.25) is 9.80 Å². The summed E-state index contributed by atoms with van der Waals surface area (Å²) in [5.74, 6) is 0.330. The average molecular weight is 242 g/mol. The molecule has 1 heterocycles. The molecular formula is C12H26N4O. The van der Waals surface area contributed by atoms with E-state index in [0.717, 1.165) is 19.5 Å². The van der Waals surface area contributed by atoms with Gasteiger partial charge in [0.2, 0.25) is 0 Å². The molecule has 1 rings (SSSR count). The van der Waals surface area contributed by atoms with Crippen LogP contribution < -0.4 is 5.73 Å². The summed E-state index contributed by atoms with van der Waals surface area (Å²) in [4.78, 5) is 4.88. The molecule has 1 aliphatic rings. The van der Waals surface area contributed by atoms with Gasteiger partial charge in [-0.2, -0.15) is 0 Å². The normalized spacial score (nSPS) is 30.5. The fourth-order valence-electron chi connectivity index (χ4n) is 2.56. The Balaban J connectivity index is 2.64. The molecule has 3 unspecified atom stereocenters. The first kappa shape index (κ1) is 14.3. The molecule has 0 amide bonds. The van der Waals surface area contributed by atoms with Gasteiger partial charge in [0, 0.05) is 37.6 Å². The topological polar surface area (TPSA) is 65.1 Å². The van der Waals surface area contributed by atoms with E-state index in [9.17, 15) is 0 Å². The summed E-state index contributed by atoms with van der Waals surface area (Å²) in [7, 11) is 2.18. The zero-order valence-corrected chi connectivity index (χ0v) is 11.4. The molecule has 0 aromatic heterocycles. The fraction of sp³-hybridized carbons (Fsp3) is 0.917. The van der Waals surface area contributed by atoms with E-state index < -0.39 is 0 Å². The molecule has 0 spiro atoms. The zero-order chi connectivity index (χ0) is 13.0. The number of nitrogens with two attached hydrogens (primary N) is 1. The summed E-state index contributed by atoms with van der Waals surface area (Å²) in [6.45, 7) is 8.76. The summed E-state index contributed by atoms with van der Waals surface area (Å²) in [5.41, 5.74) is 5.62. The third kappa shape index (κ3) is 3.57. The first-order valence-corrected chi connectivity index (χ1v) is 6.41. The maximum Gasteiger partial charge on any atom is 0.140 e. The number of nitrogens with zero attached hydrogens (tertiary/aromatic N) is 3. The summed E-state index contributed by atoms with van der Waals surface area (Å²) in [6, 6.07) is 1.49. The highest BCUT2D eigenvalue weighted by molar-refractivity contribution is 5.80. The highest BCUT2D eigenvalue weighted by atomic mass is 16.4. The molecule has 0 saturated carbocycles. The van der Waals surface area contributed by atoms with Gasteiger partial charge in [0.25, 0.3) is 0 Å². The predicted octanol–water partition coefficient (Wildman–Crippen LogP) is 0.926. The quantitative estimate of drug-likeness (QED) is 0.333. The Kier molecular flexibility index (Phi) is 5.21. The first-order chi connectivity index (χ1) is 7.99. The molecule has 5 heteroatoms. The lowest BCUT2D eigenvalue weighted by atomic mass is 10.0. The lowest BCUT2D eigenvalue weighted by Crippen LogP contribution is -2.57. The van der Waals surface area contributed by atoms with Crippen molar-refractivity contribution in [2.45, 2.75) is 51.7 Å². The first-order valence-electron chi connectivity index (χ1n) is 6.41. The lowest BCUT2D eigenvalue weighted by Gasteiger charge is -2.45. The molecule has 3 atom stereocenters. The third-order valence-electron chi connectivity index (χ3n) is 3.95. The Labute approximate surface area is 104 Å². The van der Waals surface area contributed by atoms with E-state index in [1.54, 1.807) is 0 Å². The summed E-state index contributed by atoms with van der Waals surface area (Å²) in [6.07, 6.45) is 1.68. The van der Waals surface area contributed by atoms with Gasteiger partial charge < -0.3 is 10.9 Å². The van der Waals surface area contributed by atoms with Crippen LogP contribution in [-0.2, 0) is 0 Å². The third-order valence-corrected chi connectivity index (χ3v) is 3.95. The minimum atomic E-state index is 0.330. The van der Waals surface area contributed by atoms with Gasteiger partial charge in [0.05, 0.1) is 0 Å². The molecule has 0 aromatic rings. The summed E-state index contributed by atoms with van der Waals surface area (Å²) >= 11 is 0. The zero-order valence-electron chi connectivity index (χ0n) is 11.4. The van der Waals surface area contributed by atoms with E-state index in [0.29, 0.717) is 30.4 Å². The largest absolute Gasteiger partial charge is 0.409 e. The van der Waals surface area contributed by atoms with Crippen LogP contribution in [-0.4, -0.2) is 59.1 Å². The Morgan fingerprint density at radius 1 is 1.41 bits per heavy atom. The molecule has 17 heavy (non-hydrogen) atoms. The molecule has 1 saturated heterocycles. The van der Waals surface area contributed by atoms with Gasteiger partial charge in [0.15, 0.2) is 0 Å². The van der Waals surface area contributed by atoms with Gasteiger partial charge in [-0.15, -0.1) is 0 Å². The van der Waals surface area contributed by atoms with Gasteiger partial charge in [-0.05, 0) is 27.3 Å². The molecule has 3 N–H and O–H groups in total. The van der Waals surface area contributed by atoms with Crippen molar-refractivity contribution in [2.75, 3.05) is 20.1 Å². The van der Waals surface area contributed by atoms with Crippen molar-refractivity contribution < 1.29 is 5.21 Å². The van der Waals surface area contributed by atoms with E-state index >= 15 is 0 Å². The smallest absolute Gasteiger partial charge is 0.140 e. The minimum Gasteiger partial charge on any atom is -0.409 e.